The lowest BCUT2D eigenvalue weighted by molar-refractivity contribution is -0.140. The Balaban J connectivity index is 2.05. The number of hydrogen-bond acceptors (Lipinski definition) is 3. The Morgan fingerprint density at radius 1 is 1.08 bits per heavy atom. The summed E-state index contributed by atoms with van der Waals surface area (Å²) in [6, 6.07) is 11.2. The highest BCUT2D eigenvalue weighted by molar-refractivity contribution is 6.04. The average Bonchev–Trinajstić information content (AvgIpc) is 3.07. The van der Waals surface area contributed by atoms with E-state index in [0.29, 0.717) is 26.6 Å². The van der Waals surface area contributed by atoms with E-state index in [4.69, 9.17) is 0 Å². The molecule has 0 aliphatic rings. The standard InChI is InChI=1S/C18H12F3N3O2/c19-18(20,21)9-24-15-7-11(10-2-1-3-12(25)6-10)4-5-13(15)16-14(17(24)26)8-22-23-16/h1-8,25H,9H2,(H,22,23). The molecule has 26 heavy (non-hydrogen) atoms. The van der Waals surface area contributed by atoms with Gasteiger partial charge in [0, 0.05) is 5.39 Å². The molecule has 2 N–H and O–H groups in total. The molecule has 5 nitrogen and oxygen atoms in total. The van der Waals surface area contributed by atoms with Gasteiger partial charge in [0.15, 0.2) is 0 Å². The minimum Gasteiger partial charge on any atom is -0.508 e. The van der Waals surface area contributed by atoms with Gasteiger partial charge < -0.3 is 5.11 Å². The van der Waals surface area contributed by atoms with Crippen molar-refractivity contribution < 1.29 is 18.3 Å². The van der Waals surface area contributed by atoms with Gasteiger partial charge in [0.05, 0.1) is 22.6 Å². The Labute approximate surface area is 144 Å². The van der Waals surface area contributed by atoms with Gasteiger partial charge >= 0.3 is 6.18 Å². The molecule has 0 aliphatic heterocycles. The van der Waals surface area contributed by atoms with E-state index in [-0.39, 0.29) is 16.7 Å². The third-order valence-corrected chi connectivity index (χ3v) is 4.19. The first-order valence-corrected chi connectivity index (χ1v) is 7.69. The molecule has 2 heterocycles. The molecule has 0 amide bonds. The Bertz CT molecular complexity index is 1190. The van der Waals surface area contributed by atoms with Gasteiger partial charge in [-0.3, -0.25) is 14.5 Å². The van der Waals surface area contributed by atoms with Crippen LogP contribution >= 0.6 is 0 Å². The fraction of sp³-hybridized carbons (Fsp3) is 0.111. The van der Waals surface area contributed by atoms with Crippen LogP contribution in [0.4, 0.5) is 13.2 Å². The molecule has 2 aromatic heterocycles. The maximum absolute atomic E-state index is 13.0. The van der Waals surface area contributed by atoms with Crippen molar-refractivity contribution in [2.45, 2.75) is 12.7 Å². The van der Waals surface area contributed by atoms with E-state index in [1.807, 2.05) is 0 Å². The Kier molecular flexibility index (Phi) is 3.50. The molecule has 132 valence electrons. The number of alkyl halides is 3. The van der Waals surface area contributed by atoms with Crippen LogP contribution in [0.25, 0.3) is 32.9 Å². The minimum absolute atomic E-state index is 0.0410. The number of pyridine rings is 1. The zero-order valence-electron chi connectivity index (χ0n) is 13.2. The maximum atomic E-state index is 13.0. The molecule has 0 atom stereocenters. The molecule has 2 aromatic carbocycles. The quantitative estimate of drug-likeness (QED) is 0.572. The van der Waals surface area contributed by atoms with Gasteiger partial charge in [0.1, 0.15) is 12.3 Å². The van der Waals surface area contributed by atoms with Gasteiger partial charge in [-0.05, 0) is 29.3 Å². The topological polar surface area (TPSA) is 70.9 Å². The summed E-state index contributed by atoms with van der Waals surface area (Å²) < 4.78 is 39.8. The molecule has 4 aromatic rings. The highest BCUT2D eigenvalue weighted by Crippen LogP contribution is 2.30. The summed E-state index contributed by atoms with van der Waals surface area (Å²) in [5.74, 6) is 0.0410. The third kappa shape index (κ3) is 2.69. The van der Waals surface area contributed by atoms with Crippen LogP contribution in [0.2, 0.25) is 0 Å². The number of phenols is 1. The van der Waals surface area contributed by atoms with E-state index in [9.17, 15) is 23.1 Å². The average molecular weight is 359 g/mol. The van der Waals surface area contributed by atoms with Crippen molar-refractivity contribution in [1.82, 2.24) is 14.8 Å². The number of aromatic amines is 1. The molecule has 8 heteroatoms. The van der Waals surface area contributed by atoms with Crippen LogP contribution in [0.1, 0.15) is 0 Å². The molecular formula is C18H12F3N3O2. The van der Waals surface area contributed by atoms with Gasteiger partial charge in [-0.1, -0.05) is 24.3 Å². The Morgan fingerprint density at radius 3 is 2.58 bits per heavy atom. The maximum Gasteiger partial charge on any atom is 0.406 e. The number of phenolic OH excluding ortho intramolecular Hbond substituents is 1. The van der Waals surface area contributed by atoms with Crippen molar-refractivity contribution in [1.29, 1.82) is 0 Å². The number of benzene rings is 2. The molecule has 0 radical (unpaired) electrons. The highest BCUT2D eigenvalue weighted by atomic mass is 19.4. The number of nitrogens with one attached hydrogen (secondary N) is 1. The third-order valence-electron chi connectivity index (χ3n) is 4.19. The minimum atomic E-state index is -4.55. The van der Waals surface area contributed by atoms with Crippen molar-refractivity contribution >= 4 is 21.8 Å². The molecule has 0 fully saturated rings. The summed E-state index contributed by atoms with van der Waals surface area (Å²) in [5, 5.41) is 16.7. The van der Waals surface area contributed by atoms with Crippen molar-refractivity contribution in [2.75, 3.05) is 0 Å². The molecule has 4 rings (SSSR count). The van der Waals surface area contributed by atoms with Crippen LogP contribution in [-0.4, -0.2) is 26.0 Å². The molecule has 0 unspecified atom stereocenters. The van der Waals surface area contributed by atoms with Crippen LogP contribution < -0.4 is 5.56 Å². The van der Waals surface area contributed by atoms with Crippen LogP contribution in [0.5, 0.6) is 5.75 Å². The molecule has 0 spiro atoms. The normalized spacial score (nSPS) is 12.1. The zero-order valence-corrected chi connectivity index (χ0v) is 13.2. The van der Waals surface area contributed by atoms with Crippen molar-refractivity contribution in [2.24, 2.45) is 0 Å². The summed E-state index contributed by atoms with van der Waals surface area (Å²) in [6.45, 7) is -1.40. The van der Waals surface area contributed by atoms with Gasteiger partial charge in [-0.15, -0.1) is 0 Å². The highest BCUT2D eigenvalue weighted by Gasteiger charge is 2.30. The van der Waals surface area contributed by atoms with Crippen LogP contribution in [-0.2, 0) is 6.54 Å². The van der Waals surface area contributed by atoms with E-state index < -0.39 is 18.3 Å². The number of hydrogen-bond donors (Lipinski definition) is 2. The molecule has 0 aliphatic carbocycles. The van der Waals surface area contributed by atoms with Gasteiger partial charge in [0.25, 0.3) is 5.56 Å². The second kappa shape index (κ2) is 5.62. The molecule has 0 saturated heterocycles. The van der Waals surface area contributed by atoms with E-state index in [1.54, 1.807) is 24.3 Å². The zero-order chi connectivity index (χ0) is 18.5. The summed E-state index contributed by atoms with van der Waals surface area (Å²) in [5.41, 5.74) is 0.993. The van der Waals surface area contributed by atoms with Gasteiger partial charge in [-0.2, -0.15) is 18.3 Å². The fourth-order valence-electron chi connectivity index (χ4n) is 3.08. The number of halogens is 3. The summed E-state index contributed by atoms with van der Waals surface area (Å²) in [4.78, 5) is 12.5. The van der Waals surface area contributed by atoms with Crippen molar-refractivity contribution in [3.05, 3.63) is 59.0 Å². The first kappa shape index (κ1) is 16.2. The predicted molar refractivity (Wildman–Crippen MR) is 91.0 cm³/mol. The second-order valence-corrected chi connectivity index (χ2v) is 5.95. The number of H-pyrrole nitrogens is 1. The summed E-state index contributed by atoms with van der Waals surface area (Å²) >= 11 is 0. The van der Waals surface area contributed by atoms with E-state index in [2.05, 4.69) is 10.2 Å². The largest absolute Gasteiger partial charge is 0.508 e. The molecular weight excluding hydrogens is 347 g/mol. The first-order valence-electron chi connectivity index (χ1n) is 7.69. The lowest BCUT2D eigenvalue weighted by Gasteiger charge is -2.14. The monoisotopic (exact) mass is 359 g/mol. The fourth-order valence-corrected chi connectivity index (χ4v) is 3.08. The Hall–Kier alpha value is -3.29. The summed E-state index contributed by atoms with van der Waals surface area (Å²) in [7, 11) is 0. The van der Waals surface area contributed by atoms with E-state index in [1.165, 1.54) is 24.4 Å². The van der Waals surface area contributed by atoms with E-state index >= 15 is 0 Å². The second-order valence-electron chi connectivity index (χ2n) is 5.95. The lowest BCUT2D eigenvalue weighted by Crippen LogP contribution is -2.28. The van der Waals surface area contributed by atoms with Crippen LogP contribution in [0.15, 0.2) is 53.5 Å². The SMILES string of the molecule is O=c1c2cn[nH]c2c2ccc(-c3cccc(O)c3)cc2n1CC(F)(F)F. The Morgan fingerprint density at radius 2 is 1.85 bits per heavy atom. The lowest BCUT2D eigenvalue weighted by atomic mass is 10.0. The number of rotatable bonds is 2. The van der Waals surface area contributed by atoms with Crippen molar-refractivity contribution in [3.63, 3.8) is 0 Å². The predicted octanol–water partition coefficient (Wildman–Crippen LogP) is 3.81. The molecule has 0 saturated carbocycles. The molecule has 0 bridgehead atoms. The number of aromatic hydroxyl groups is 1. The first-order chi connectivity index (χ1) is 12.3. The van der Waals surface area contributed by atoms with Crippen molar-refractivity contribution in [3.8, 4) is 16.9 Å². The van der Waals surface area contributed by atoms with Crippen LogP contribution in [0, 0.1) is 0 Å². The smallest absolute Gasteiger partial charge is 0.406 e. The summed E-state index contributed by atoms with van der Waals surface area (Å²) in [6.07, 6.45) is -3.32. The van der Waals surface area contributed by atoms with E-state index in [0.717, 1.165) is 0 Å². The van der Waals surface area contributed by atoms with Crippen LogP contribution in [0.3, 0.4) is 0 Å². The number of aromatic nitrogens is 3. The number of nitrogens with zero attached hydrogens (tertiary/aromatic N) is 2. The van der Waals surface area contributed by atoms with Gasteiger partial charge in [0.2, 0.25) is 0 Å². The van der Waals surface area contributed by atoms with Gasteiger partial charge in [-0.25, -0.2) is 0 Å². The number of fused-ring (bicyclic) bond motifs is 3.